The van der Waals surface area contributed by atoms with Crippen molar-refractivity contribution in [3.05, 3.63) is 90.3 Å². The third-order valence-corrected chi connectivity index (χ3v) is 4.22. The van der Waals surface area contributed by atoms with Crippen molar-refractivity contribution < 1.29 is 4.79 Å². The van der Waals surface area contributed by atoms with Crippen LogP contribution in [-0.4, -0.2) is 23.3 Å². The van der Waals surface area contributed by atoms with Gasteiger partial charge in [-0.1, -0.05) is 36.4 Å². The van der Waals surface area contributed by atoms with Crippen LogP contribution in [-0.2, 0) is 0 Å². The number of benzene rings is 2. The summed E-state index contributed by atoms with van der Waals surface area (Å²) in [5, 5.41) is 15.4. The minimum absolute atomic E-state index is 0.234. The van der Waals surface area contributed by atoms with E-state index >= 15 is 0 Å². The third-order valence-electron chi connectivity index (χ3n) is 4.22. The van der Waals surface area contributed by atoms with Gasteiger partial charge in [-0.3, -0.25) is 9.88 Å². The molecule has 4 rings (SSSR count). The van der Waals surface area contributed by atoms with Gasteiger partial charge < -0.3 is 0 Å². The van der Waals surface area contributed by atoms with Crippen LogP contribution in [0.4, 0.5) is 16.2 Å². The van der Waals surface area contributed by atoms with Gasteiger partial charge >= 0.3 is 6.03 Å². The first-order valence-corrected chi connectivity index (χ1v) is 8.42. The first-order valence-electron chi connectivity index (χ1n) is 8.42. The molecule has 0 unspecified atom stereocenters. The SMILES string of the molecule is N#Cc1ccccc1N1CC(c2ccccn2)=NN(c2ccccc2)C1=O. The van der Waals surface area contributed by atoms with Gasteiger partial charge in [0.2, 0.25) is 0 Å². The Balaban J connectivity index is 1.84. The molecule has 0 radical (unpaired) electrons. The predicted octanol–water partition coefficient (Wildman–Crippen LogP) is 3.80. The van der Waals surface area contributed by atoms with Crippen molar-refractivity contribution in [2.24, 2.45) is 5.10 Å². The second-order valence-corrected chi connectivity index (χ2v) is 5.91. The van der Waals surface area contributed by atoms with E-state index < -0.39 is 0 Å². The summed E-state index contributed by atoms with van der Waals surface area (Å²) in [6.07, 6.45) is 1.69. The fourth-order valence-electron chi connectivity index (χ4n) is 2.92. The Morgan fingerprint density at radius 1 is 0.926 bits per heavy atom. The maximum Gasteiger partial charge on any atom is 0.350 e. The Labute approximate surface area is 156 Å². The molecule has 27 heavy (non-hydrogen) atoms. The summed E-state index contributed by atoms with van der Waals surface area (Å²) < 4.78 is 0. The van der Waals surface area contributed by atoms with Gasteiger partial charge in [-0.2, -0.15) is 15.4 Å². The lowest BCUT2D eigenvalue weighted by Gasteiger charge is -2.33. The van der Waals surface area contributed by atoms with E-state index in [0.29, 0.717) is 28.3 Å². The van der Waals surface area contributed by atoms with E-state index in [2.05, 4.69) is 16.2 Å². The van der Waals surface area contributed by atoms with Crippen molar-refractivity contribution >= 4 is 23.1 Å². The lowest BCUT2D eigenvalue weighted by molar-refractivity contribution is 0.251. The van der Waals surface area contributed by atoms with Crippen LogP contribution in [0.15, 0.2) is 84.1 Å². The number of urea groups is 1. The highest BCUT2D eigenvalue weighted by Crippen LogP contribution is 2.27. The average Bonchev–Trinajstić information content (AvgIpc) is 2.75. The molecule has 2 heterocycles. The molecule has 2 aromatic carbocycles. The normalized spacial score (nSPS) is 13.9. The summed E-state index contributed by atoms with van der Waals surface area (Å²) >= 11 is 0. The van der Waals surface area contributed by atoms with Crippen LogP contribution in [0, 0.1) is 11.3 Å². The number of rotatable bonds is 3. The zero-order chi connectivity index (χ0) is 18.6. The molecule has 0 bridgehead atoms. The first-order chi connectivity index (χ1) is 13.3. The predicted molar refractivity (Wildman–Crippen MR) is 104 cm³/mol. The maximum absolute atomic E-state index is 13.2. The topological polar surface area (TPSA) is 72.6 Å². The minimum atomic E-state index is -0.316. The molecule has 0 fully saturated rings. The van der Waals surface area contributed by atoms with Crippen molar-refractivity contribution in [1.82, 2.24) is 4.98 Å². The number of hydrazone groups is 1. The lowest BCUT2D eigenvalue weighted by Crippen LogP contribution is -2.49. The molecule has 0 saturated heterocycles. The summed E-state index contributed by atoms with van der Waals surface area (Å²) in [4.78, 5) is 19.1. The van der Waals surface area contributed by atoms with E-state index in [1.807, 2.05) is 54.6 Å². The Morgan fingerprint density at radius 2 is 1.67 bits per heavy atom. The highest BCUT2D eigenvalue weighted by Gasteiger charge is 2.32. The molecule has 1 aromatic heterocycles. The average molecular weight is 353 g/mol. The van der Waals surface area contributed by atoms with E-state index in [4.69, 9.17) is 0 Å². The molecule has 0 spiro atoms. The summed E-state index contributed by atoms with van der Waals surface area (Å²) in [5.41, 5.74) is 2.96. The van der Waals surface area contributed by atoms with E-state index in [9.17, 15) is 10.1 Å². The highest BCUT2D eigenvalue weighted by molar-refractivity contribution is 6.15. The number of aromatic nitrogens is 1. The second-order valence-electron chi connectivity index (χ2n) is 5.91. The van der Waals surface area contributed by atoms with Crippen LogP contribution in [0.3, 0.4) is 0 Å². The smallest absolute Gasteiger partial charge is 0.285 e. The zero-order valence-corrected chi connectivity index (χ0v) is 14.4. The van der Waals surface area contributed by atoms with Crippen molar-refractivity contribution in [3.8, 4) is 6.07 Å². The van der Waals surface area contributed by atoms with Crippen molar-refractivity contribution in [2.75, 3.05) is 16.5 Å². The number of nitrogens with zero attached hydrogens (tertiary/aromatic N) is 5. The number of amides is 2. The van der Waals surface area contributed by atoms with Gasteiger partial charge in [0.1, 0.15) is 11.8 Å². The molecule has 0 aliphatic carbocycles. The molecule has 6 heteroatoms. The molecular formula is C21H15N5O. The van der Waals surface area contributed by atoms with Crippen LogP contribution in [0.25, 0.3) is 0 Å². The van der Waals surface area contributed by atoms with Crippen LogP contribution in [0.2, 0.25) is 0 Å². The number of hydrogen-bond donors (Lipinski definition) is 0. The number of pyridine rings is 1. The number of para-hydroxylation sites is 2. The molecule has 0 saturated carbocycles. The second kappa shape index (κ2) is 7.10. The summed E-state index contributed by atoms with van der Waals surface area (Å²) in [6, 6.07) is 23.7. The molecule has 2 amide bonds. The number of carbonyl (C=O) groups is 1. The largest absolute Gasteiger partial charge is 0.350 e. The van der Waals surface area contributed by atoms with Crippen LogP contribution < -0.4 is 9.91 Å². The maximum atomic E-state index is 13.2. The van der Waals surface area contributed by atoms with E-state index in [1.165, 1.54) is 5.01 Å². The van der Waals surface area contributed by atoms with E-state index in [1.54, 1.807) is 29.3 Å². The fraction of sp³-hybridized carbons (Fsp3) is 0.0476. The quantitative estimate of drug-likeness (QED) is 0.719. The number of anilines is 2. The molecule has 3 aromatic rings. The number of carbonyl (C=O) groups excluding carboxylic acids is 1. The van der Waals surface area contributed by atoms with Crippen molar-refractivity contribution in [1.29, 1.82) is 5.26 Å². The highest BCUT2D eigenvalue weighted by atomic mass is 16.2. The van der Waals surface area contributed by atoms with E-state index in [-0.39, 0.29) is 12.6 Å². The monoisotopic (exact) mass is 353 g/mol. The van der Waals surface area contributed by atoms with Crippen molar-refractivity contribution in [3.63, 3.8) is 0 Å². The Hall–Kier alpha value is -3.98. The number of hydrogen-bond acceptors (Lipinski definition) is 4. The standard InChI is InChI=1S/C21H15N5O/c22-14-16-8-4-5-12-20(16)25-15-19(18-11-6-7-13-23-18)24-26(21(25)27)17-9-2-1-3-10-17/h1-13H,15H2. The van der Waals surface area contributed by atoms with Crippen LogP contribution in [0.5, 0.6) is 0 Å². The van der Waals surface area contributed by atoms with Gasteiger partial charge in [-0.15, -0.1) is 0 Å². The van der Waals surface area contributed by atoms with Gasteiger partial charge in [0, 0.05) is 6.20 Å². The lowest BCUT2D eigenvalue weighted by atomic mass is 10.1. The third kappa shape index (κ3) is 3.14. The summed E-state index contributed by atoms with van der Waals surface area (Å²) in [5.74, 6) is 0. The molecule has 130 valence electrons. The Kier molecular flexibility index (Phi) is 4.33. The molecule has 0 N–H and O–H groups in total. The summed E-state index contributed by atoms with van der Waals surface area (Å²) in [6.45, 7) is 0.234. The van der Waals surface area contributed by atoms with Gasteiger partial charge in [-0.05, 0) is 36.4 Å². The molecule has 6 nitrogen and oxygen atoms in total. The van der Waals surface area contributed by atoms with Gasteiger partial charge in [0.15, 0.2) is 0 Å². The Bertz CT molecular complexity index is 1040. The summed E-state index contributed by atoms with van der Waals surface area (Å²) in [7, 11) is 0. The van der Waals surface area contributed by atoms with Crippen LogP contribution in [0.1, 0.15) is 11.3 Å². The zero-order valence-electron chi connectivity index (χ0n) is 14.4. The Morgan fingerprint density at radius 3 is 2.41 bits per heavy atom. The minimum Gasteiger partial charge on any atom is -0.285 e. The van der Waals surface area contributed by atoms with Gasteiger partial charge in [-0.25, -0.2) is 4.79 Å². The molecule has 1 aliphatic heterocycles. The fourth-order valence-corrected chi connectivity index (χ4v) is 2.92. The van der Waals surface area contributed by atoms with Gasteiger partial charge in [0.25, 0.3) is 0 Å². The van der Waals surface area contributed by atoms with Crippen molar-refractivity contribution in [2.45, 2.75) is 0 Å². The van der Waals surface area contributed by atoms with E-state index in [0.717, 1.165) is 0 Å². The van der Waals surface area contributed by atoms with Gasteiger partial charge in [0.05, 0.1) is 29.2 Å². The first kappa shape index (κ1) is 16.5. The molecule has 0 atom stereocenters. The number of nitriles is 1. The molecule has 1 aliphatic rings. The molecular weight excluding hydrogens is 338 g/mol. The van der Waals surface area contributed by atoms with Crippen LogP contribution >= 0.6 is 0 Å².